The van der Waals surface area contributed by atoms with Crippen LogP contribution in [-0.4, -0.2) is 19.7 Å². The fourth-order valence-corrected chi connectivity index (χ4v) is 2.81. The van der Waals surface area contributed by atoms with E-state index in [0.29, 0.717) is 0 Å². The third kappa shape index (κ3) is 2.27. The number of aryl methyl sites for hydroxylation is 3. The maximum Gasteiger partial charge on any atom is 0.178 e. The van der Waals surface area contributed by atoms with Gasteiger partial charge in [0.2, 0.25) is 0 Å². The molecule has 4 heteroatoms. The largest absolute Gasteiger partial charge is 0.262 e. The summed E-state index contributed by atoms with van der Waals surface area (Å²) in [4.78, 5) is 9.49. The Morgan fingerprint density at radius 2 is 2.05 bits per heavy atom. The molecule has 0 N–H and O–H groups in total. The lowest BCUT2D eigenvalue weighted by atomic mass is 9.95. The summed E-state index contributed by atoms with van der Waals surface area (Å²) in [5.41, 5.74) is 4.80. The first-order valence-electron chi connectivity index (χ1n) is 7.18. The molecule has 0 aromatic carbocycles. The van der Waals surface area contributed by atoms with Crippen LogP contribution in [0.25, 0.3) is 11.5 Å². The number of fused-ring (bicyclic) bond motifs is 1. The van der Waals surface area contributed by atoms with Crippen LogP contribution in [0.15, 0.2) is 12.3 Å². The Morgan fingerprint density at radius 3 is 2.89 bits per heavy atom. The van der Waals surface area contributed by atoms with E-state index < -0.39 is 0 Å². The van der Waals surface area contributed by atoms with Gasteiger partial charge in [0.25, 0.3) is 0 Å². The van der Waals surface area contributed by atoms with E-state index >= 15 is 0 Å². The molecule has 3 rings (SSSR count). The van der Waals surface area contributed by atoms with E-state index in [4.69, 9.17) is 9.97 Å². The van der Waals surface area contributed by atoms with Crippen molar-refractivity contribution in [2.75, 3.05) is 0 Å². The van der Waals surface area contributed by atoms with Crippen molar-refractivity contribution in [3.63, 3.8) is 0 Å². The Kier molecular flexibility index (Phi) is 3.32. The summed E-state index contributed by atoms with van der Waals surface area (Å²) >= 11 is 0. The van der Waals surface area contributed by atoms with Gasteiger partial charge >= 0.3 is 0 Å². The number of rotatable bonds is 3. The average Bonchev–Trinajstić information content (AvgIpc) is 2.87. The van der Waals surface area contributed by atoms with Crippen LogP contribution in [0.5, 0.6) is 0 Å². The van der Waals surface area contributed by atoms with E-state index in [-0.39, 0.29) is 0 Å². The number of nitrogens with zero attached hydrogens (tertiary/aromatic N) is 4. The van der Waals surface area contributed by atoms with E-state index in [2.05, 4.69) is 18.9 Å². The Balaban J connectivity index is 2.05. The van der Waals surface area contributed by atoms with Gasteiger partial charge in [-0.15, -0.1) is 0 Å². The summed E-state index contributed by atoms with van der Waals surface area (Å²) in [7, 11) is 0. The molecule has 0 saturated carbocycles. The fraction of sp³-hybridized carbons (Fsp3) is 0.533. The zero-order chi connectivity index (χ0) is 13.2. The molecule has 1 aliphatic rings. The van der Waals surface area contributed by atoms with Crippen molar-refractivity contribution in [3.8, 4) is 11.5 Å². The minimum absolute atomic E-state index is 0.837. The van der Waals surface area contributed by atoms with Gasteiger partial charge in [0.15, 0.2) is 5.82 Å². The molecule has 0 amide bonds. The van der Waals surface area contributed by atoms with Crippen LogP contribution in [0.3, 0.4) is 0 Å². The zero-order valence-electron chi connectivity index (χ0n) is 11.7. The maximum atomic E-state index is 4.79. The minimum Gasteiger partial charge on any atom is -0.262 e. The molecule has 4 nitrogen and oxygen atoms in total. The van der Waals surface area contributed by atoms with E-state index in [1.807, 2.05) is 16.9 Å². The first-order valence-corrected chi connectivity index (χ1v) is 7.18. The second-order valence-electron chi connectivity index (χ2n) is 5.20. The molecule has 100 valence electrons. The van der Waals surface area contributed by atoms with E-state index in [0.717, 1.165) is 43.0 Å². The molecule has 2 heterocycles. The molecule has 2 aromatic rings. The van der Waals surface area contributed by atoms with Gasteiger partial charge in [0.1, 0.15) is 5.69 Å². The Bertz CT molecular complexity index is 586. The molecule has 0 bridgehead atoms. The predicted octanol–water partition coefficient (Wildman–Crippen LogP) is 2.94. The van der Waals surface area contributed by atoms with E-state index in [9.17, 15) is 0 Å². The molecule has 0 radical (unpaired) electrons. The van der Waals surface area contributed by atoms with Crippen molar-refractivity contribution in [3.05, 3.63) is 29.2 Å². The molecule has 1 aliphatic carbocycles. The van der Waals surface area contributed by atoms with Crippen LogP contribution in [0.2, 0.25) is 0 Å². The van der Waals surface area contributed by atoms with Crippen LogP contribution in [0.4, 0.5) is 0 Å². The molecule has 0 saturated heterocycles. The summed E-state index contributed by atoms with van der Waals surface area (Å²) in [6.07, 6.45) is 7.65. The topological polar surface area (TPSA) is 43.6 Å². The summed E-state index contributed by atoms with van der Waals surface area (Å²) in [6, 6.07) is 2.01. The van der Waals surface area contributed by atoms with Crippen molar-refractivity contribution in [2.24, 2.45) is 0 Å². The van der Waals surface area contributed by atoms with Crippen molar-refractivity contribution in [1.29, 1.82) is 0 Å². The Hall–Kier alpha value is -1.71. The first kappa shape index (κ1) is 12.3. The average molecular weight is 256 g/mol. The zero-order valence-corrected chi connectivity index (χ0v) is 11.7. The van der Waals surface area contributed by atoms with Crippen molar-refractivity contribution in [2.45, 2.75) is 52.5 Å². The molecular weight excluding hydrogens is 236 g/mol. The van der Waals surface area contributed by atoms with Gasteiger partial charge in [0.05, 0.1) is 0 Å². The standard InChI is InChI=1S/C15H20N4/c1-3-10-19-14(8-9-16-19)15-17-11(2)12-6-4-5-7-13(12)18-15/h8-9H,3-7,10H2,1-2H3. The van der Waals surface area contributed by atoms with Crippen LogP contribution >= 0.6 is 0 Å². The van der Waals surface area contributed by atoms with Gasteiger partial charge in [-0.25, -0.2) is 9.97 Å². The van der Waals surface area contributed by atoms with Crippen LogP contribution < -0.4 is 0 Å². The lowest BCUT2D eigenvalue weighted by Gasteiger charge is -2.17. The van der Waals surface area contributed by atoms with E-state index in [1.54, 1.807) is 0 Å². The normalized spacial score (nSPS) is 14.4. The molecule has 19 heavy (non-hydrogen) atoms. The van der Waals surface area contributed by atoms with Gasteiger partial charge in [-0.3, -0.25) is 4.68 Å². The van der Waals surface area contributed by atoms with Crippen LogP contribution in [-0.2, 0) is 19.4 Å². The number of hydrogen-bond acceptors (Lipinski definition) is 3. The van der Waals surface area contributed by atoms with Crippen LogP contribution in [0.1, 0.15) is 43.1 Å². The van der Waals surface area contributed by atoms with Gasteiger partial charge in [-0.2, -0.15) is 5.10 Å². The number of aromatic nitrogens is 4. The van der Waals surface area contributed by atoms with E-state index in [1.165, 1.54) is 24.1 Å². The third-order valence-corrected chi connectivity index (χ3v) is 3.77. The van der Waals surface area contributed by atoms with Crippen molar-refractivity contribution >= 4 is 0 Å². The Morgan fingerprint density at radius 1 is 1.21 bits per heavy atom. The highest BCUT2D eigenvalue weighted by atomic mass is 15.3. The molecule has 0 aliphatic heterocycles. The minimum atomic E-state index is 0.837. The summed E-state index contributed by atoms with van der Waals surface area (Å²) < 4.78 is 2.00. The summed E-state index contributed by atoms with van der Waals surface area (Å²) in [5.74, 6) is 0.837. The lowest BCUT2D eigenvalue weighted by molar-refractivity contribution is 0.604. The monoisotopic (exact) mass is 256 g/mol. The van der Waals surface area contributed by atoms with Gasteiger partial charge in [0, 0.05) is 24.1 Å². The smallest absolute Gasteiger partial charge is 0.178 e. The van der Waals surface area contributed by atoms with Crippen LogP contribution in [0, 0.1) is 6.92 Å². The molecule has 0 spiro atoms. The molecule has 0 fully saturated rings. The molecular formula is C15H20N4. The first-order chi connectivity index (χ1) is 9.29. The molecule has 0 unspecified atom stereocenters. The van der Waals surface area contributed by atoms with Crippen molar-refractivity contribution < 1.29 is 0 Å². The lowest BCUT2D eigenvalue weighted by Crippen LogP contribution is -2.12. The highest BCUT2D eigenvalue weighted by Crippen LogP contribution is 2.25. The fourth-order valence-electron chi connectivity index (χ4n) is 2.81. The Labute approximate surface area is 113 Å². The predicted molar refractivity (Wildman–Crippen MR) is 74.9 cm³/mol. The number of hydrogen-bond donors (Lipinski definition) is 0. The highest BCUT2D eigenvalue weighted by molar-refractivity contribution is 5.51. The second-order valence-corrected chi connectivity index (χ2v) is 5.20. The molecule has 0 atom stereocenters. The third-order valence-electron chi connectivity index (χ3n) is 3.77. The second kappa shape index (κ2) is 5.11. The van der Waals surface area contributed by atoms with Crippen molar-refractivity contribution in [1.82, 2.24) is 19.7 Å². The summed E-state index contributed by atoms with van der Waals surface area (Å²) in [6.45, 7) is 5.18. The van der Waals surface area contributed by atoms with Gasteiger partial charge in [-0.1, -0.05) is 6.92 Å². The highest BCUT2D eigenvalue weighted by Gasteiger charge is 2.17. The quantitative estimate of drug-likeness (QED) is 0.848. The van der Waals surface area contributed by atoms with Gasteiger partial charge < -0.3 is 0 Å². The molecule has 2 aromatic heterocycles. The SMILES string of the molecule is CCCn1nccc1-c1nc(C)c2c(n1)CCCC2. The maximum absolute atomic E-state index is 4.79. The van der Waals surface area contributed by atoms with Gasteiger partial charge in [-0.05, 0) is 50.7 Å². The summed E-state index contributed by atoms with van der Waals surface area (Å²) in [5, 5.41) is 4.36.